The second-order valence-corrected chi connectivity index (χ2v) is 4.76. The standard InChI is InChI=1S/C13H10BrFN2O/c14-10-5-9(6-11(15)7-10)12(18)3-8-1-2-17-13(16)4-8/h1-2,4-7H,3H2,(H2,16,17). The summed E-state index contributed by atoms with van der Waals surface area (Å²) in [4.78, 5) is 15.8. The van der Waals surface area contributed by atoms with Crippen LogP contribution in [0.1, 0.15) is 15.9 Å². The Morgan fingerprint density at radius 1 is 1.33 bits per heavy atom. The van der Waals surface area contributed by atoms with Crippen molar-refractivity contribution in [3.05, 3.63) is 57.9 Å². The van der Waals surface area contributed by atoms with Gasteiger partial charge in [-0.15, -0.1) is 0 Å². The number of Topliss-reactive ketones (excluding diaryl/α,β-unsaturated/α-hetero) is 1. The molecule has 0 unspecified atom stereocenters. The third-order valence-corrected chi connectivity index (χ3v) is 2.85. The van der Waals surface area contributed by atoms with Gasteiger partial charge in [-0.05, 0) is 35.9 Å². The van der Waals surface area contributed by atoms with Crippen LogP contribution in [-0.2, 0) is 6.42 Å². The average Bonchev–Trinajstić information content (AvgIpc) is 2.27. The quantitative estimate of drug-likeness (QED) is 0.887. The molecule has 0 fully saturated rings. The van der Waals surface area contributed by atoms with Crippen molar-refractivity contribution in [1.29, 1.82) is 0 Å². The van der Waals surface area contributed by atoms with Crippen LogP contribution < -0.4 is 5.73 Å². The normalized spacial score (nSPS) is 10.3. The zero-order valence-electron chi connectivity index (χ0n) is 9.36. The molecule has 92 valence electrons. The molecule has 0 radical (unpaired) electrons. The average molecular weight is 309 g/mol. The molecule has 5 heteroatoms. The van der Waals surface area contributed by atoms with Crippen molar-refractivity contribution in [2.24, 2.45) is 0 Å². The number of halogens is 2. The number of carbonyl (C=O) groups is 1. The van der Waals surface area contributed by atoms with Crippen LogP contribution in [0, 0.1) is 5.82 Å². The minimum Gasteiger partial charge on any atom is -0.384 e. The zero-order chi connectivity index (χ0) is 13.1. The SMILES string of the molecule is Nc1cc(CC(=O)c2cc(F)cc(Br)c2)ccn1. The Morgan fingerprint density at radius 3 is 2.78 bits per heavy atom. The van der Waals surface area contributed by atoms with Gasteiger partial charge >= 0.3 is 0 Å². The van der Waals surface area contributed by atoms with Gasteiger partial charge in [0.2, 0.25) is 0 Å². The van der Waals surface area contributed by atoms with Crippen LogP contribution in [0.2, 0.25) is 0 Å². The lowest BCUT2D eigenvalue weighted by Crippen LogP contribution is -2.05. The van der Waals surface area contributed by atoms with Gasteiger partial charge in [-0.3, -0.25) is 4.79 Å². The number of aromatic nitrogens is 1. The molecule has 2 rings (SSSR count). The Labute approximate surface area is 112 Å². The van der Waals surface area contributed by atoms with E-state index in [4.69, 9.17) is 5.73 Å². The Hall–Kier alpha value is -1.75. The molecule has 1 aromatic carbocycles. The zero-order valence-corrected chi connectivity index (χ0v) is 10.9. The topological polar surface area (TPSA) is 56.0 Å². The highest BCUT2D eigenvalue weighted by Gasteiger charge is 2.09. The first-order chi connectivity index (χ1) is 8.54. The number of pyridine rings is 1. The van der Waals surface area contributed by atoms with E-state index in [9.17, 15) is 9.18 Å². The number of hydrogen-bond acceptors (Lipinski definition) is 3. The van der Waals surface area contributed by atoms with E-state index in [1.165, 1.54) is 12.1 Å². The first-order valence-corrected chi connectivity index (χ1v) is 6.03. The van der Waals surface area contributed by atoms with E-state index in [1.54, 1.807) is 24.4 Å². The third-order valence-electron chi connectivity index (χ3n) is 2.39. The summed E-state index contributed by atoms with van der Waals surface area (Å²) < 4.78 is 13.7. The van der Waals surface area contributed by atoms with Crippen molar-refractivity contribution in [2.45, 2.75) is 6.42 Å². The molecule has 0 atom stereocenters. The molecule has 1 aromatic heterocycles. The summed E-state index contributed by atoms with van der Waals surface area (Å²) >= 11 is 3.16. The molecule has 0 aliphatic rings. The van der Waals surface area contributed by atoms with Gasteiger partial charge < -0.3 is 5.73 Å². The lowest BCUT2D eigenvalue weighted by atomic mass is 10.0. The molecule has 0 aliphatic carbocycles. The highest BCUT2D eigenvalue weighted by Crippen LogP contribution is 2.17. The van der Waals surface area contributed by atoms with E-state index >= 15 is 0 Å². The minimum absolute atomic E-state index is 0.166. The summed E-state index contributed by atoms with van der Waals surface area (Å²) in [6, 6.07) is 7.46. The molecule has 3 nitrogen and oxygen atoms in total. The van der Waals surface area contributed by atoms with Crippen molar-refractivity contribution in [1.82, 2.24) is 4.98 Å². The molecule has 18 heavy (non-hydrogen) atoms. The molecule has 2 N–H and O–H groups in total. The van der Waals surface area contributed by atoms with E-state index in [-0.39, 0.29) is 12.2 Å². The van der Waals surface area contributed by atoms with Gasteiger partial charge in [-0.1, -0.05) is 15.9 Å². The fourth-order valence-corrected chi connectivity index (χ4v) is 2.07. The molecule has 1 heterocycles. The van der Waals surface area contributed by atoms with Crippen molar-refractivity contribution >= 4 is 27.5 Å². The van der Waals surface area contributed by atoms with E-state index in [0.29, 0.717) is 15.9 Å². The third kappa shape index (κ3) is 3.13. The van der Waals surface area contributed by atoms with E-state index in [1.807, 2.05) is 0 Å². The van der Waals surface area contributed by atoms with Crippen molar-refractivity contribution in [3.8, 4) is 0 Å². The van der Waals surface area contributed by atoms with Crippen LogP contribution in [0.15, 0.2) is 41.0 Å². The van der Waals surface area contributed by atoms with Crippen LogP contribution in [0.25, 0.3) is 0 Å². The summed E-state index contributed by atoms with van der Waals surface area (Å²) in [5.74, 6) is -0.247. The van der Waals surface area contributed by atoms with Gasteiger partial charge in [0.15, 0.2) is 5.78 Å². The largest absolute Gasteiger partial charge is 0.384 e. The van der Waals surface area contributed by atoms with Crippen molar-refractivity contribution in [2.75, 3.05) is 5.73 Å². The van der Waals surface area contributed by atoms with Crippen LogP contribution >= 0.6 is 15.9 Å². The number of benzene rings is 1. The second-order valence-electron chi connectivity index (χ2n) is 3.85. The molecular formula is C13H10BrFN2O. The number of nitrogen functional groups attached to an aromatic ring is 1. The van der Waals surface area contributed by atoms with E-state index in [0.717, 1.165) is 5.56 Å². The predicted molar refractivity (Wildman–Crippen MR) is 70.8 cm³/mol. The number of ketones is 1. The van der Waals surface area contributed by atoms with Gasteiger partial charge in [0.25, 0.3) is 0 Å². The smallest absolute Gasteiger partial charge is 0.167 e. The van der Waals surface area contributed by atoms with E-state index in [2.05, 4.69) is 20.9 Å². The van der Waals surface area contributed by atoms with Crippen LogP contribution in [0.4, 0.5) is 10.2 Å². The lowest BCUT2D eigenvalue weighted by Gasteiger charge is -2.03. The number of nitrogens with two attached hydrogens (primary N) is 1. The van der Waals surface area contributed by atoms with Gasteiger partial charge in [0, 0.05) is 22.7 Å². The molecular weight excluding hydrogens is 299 g/mol. The maximum absolute atomic E-state index is 13.2. The van der Waals surface area contributed by atoms with Crippen LogP contribution in [0.3, 0.4) is 0 Å². The highest BCUT2D eigenvalue weighted by molar-refractivity contribution is 9.10. The molecule has 0 saturated carbocycles. The number of anilines is 1. The summed E-state index contributed by atoms with van der Waals surface area (Å²) in [6.45, 7) is 0. The van der Waals surface area contributed by atoms with E-state index < -0.39 is 5.82 Å². The number of rotatable bonds is 3. The summed E-state index contributed by atoms with van der Waals surface area (Å²) in [5, 5.41) is 0. The molecule has 2 aromatic rings. The Kier molecular flexibility index (Phi) is 3.72. The van der Waals surface area contributed by atoms with Gasteiger partial charge in [0.05, 0.1) is 0 Å². The summed E-state index contributed by atoms with van der Waals surface area (Å²) in [7, 11) is 0. The molecule has 0 saturated heterocycles. The first-order valence-electron chi connectivity index (χ1n) is 5.24. The fraction of sp³-hybridized carbons (Fsp3) is 0.0769. The minimum atomic E-state index is -0.443. The fourth-order valence-electron chi connectivity index (χ4n) is 1.61. The summed E-state index contributed by atoms with van der Waals surface area (Å²) in [6.07, 6.45) is 1.71. The predicted octanol–water partition coefficient (Wildman–Crippen LogP) is 2.99. The monoisotopic (exact) mass is 308 g/mol. The molecule has 0 aliphatic heterocycles. The van der Waals surface area contributed by atoms with Crippen molar-refractivity contribution < 1.29 is 9.18 Å². The highest BCUT2D eigenvalue weighted by atomic mass is 79.9. The maximum Gasteiger partial charge on any atom is 0.167 e. The van der Waals surface area contributed by atoms with Crippen LogP contribution in [-0.4, -0.2) is 10.8 Å². The maximum atomic E-state index is 13.2. The number of hydrogen-bond donors (Lipinski definition) is 1. The van der Waals surface area contributed by atoms with Gasteiger partial charge in [-0.2, -0.15) is 0 Å². The number of carbonyl (C=O) groups excluding carboxylic acids is 1. The Bertz CT molecular complexity index is 581. The molecule has 0 bridgehead atoms. The first kappa shape index (κ1) is 12.7. The molecule has 0 spiro atoms. The van der Waals surface area contributed by atoms with Gasteiger partial charge in [-0.25, -0.2) is 9.37 Å². The van der Waals surface area contributed by atoms with Crippen molar-refractivity contribution in [3.63, 3.8) is 0 Å². The summed E-state index contributed by atoms with van der Waals surface area (Å²) in [5.41, 5.74) is 6.62. The second kappa shape index (κ2) is 5.27. The number of nitrogens with zero attached hydrogens (tertiary/aromatic N) is 1. The van der Waals surface area contributed by atoms with Crippen LogP contribution in [0.5, 0.6) is 0 Å². The van der Waals surface area contributed by atoms with Gasteiger partial charge in [0.1, 0.15) is 11.6 Å². The lowest BCUT2D eigenvalue weighted by molar-refractivity contribution is 0.0992. The molecule has 0 amide bonds. The Morgan fingerprint density at radius 2 is 2.11 bits per heavy atom. The Balaban J connectivity index is 2.22.